The molecular weight excluding hydrogens is 230 g/mol. The summed E-state index contributed by atoms with van der Waals surface area (Å²) in [6.45, 7) is 6.89. The van der Waals surface area contributed by atoms with Gasteiger partial charge in [-0.2, -0.15) is 15.4 Å². The van der Waals surface area contributed by atoms with Crippen molar-refractivity contribution >= 4 is 5.91 Å². The summed E-state index contributed by atoms with van der Waals surface area (Å²) in [6.07, 6.45) is 3.58. The van der Waals surface area contributed by atoms with Crippen LogP contribution in [0.3, 0.4) is 0 Å². The zero-order chi connectivity index (χ0) is 13.0. The molecule has 18 heavy (non-hydrogen) atoms. The minimum atomic E-state index is -0.0165. The molecule has 2 atom stereocenters. The SMILES string of the molecule is CCNC1CCN(C(=O)c2cn[nH]n2)CC1CC. The first-order valence-corrected chi connectivity index (χ1v) is 6.64. The summed E-state index contributed by atoms with van der Waals surface area (Å²) in [4.78, 5) is 14.1. The van der Waals surface area contributed by atoms with Crippen LogP contribution in [-0.4, -0.2) is 51.9 Å². The number of likely N-dealkylation sites (tertiary alicyclic amines) is 1. The average Bonchev–Trinajstić information content (AvgIpc) is 2.92. The largest absolute Gasteiger partial charge is 0.337 e. The second kappa shape index (κ2) is 5.95. The summed E-state index contributed by atoms with van der Waals surface area (Å²) in [5.74, 6) is 0.506. The Kier molecular flexibility index (Phi) is 4.30. The van der Waals surface area contributed by atoms with Gasteiger partial charge in [-0.15, -0.1) is 0 Å². The standard InChI is InChI=1S/C12H21N5O/c1-3-9-8-17(6-5-10(9)13-4-2)12(18)11-7-14-16-15-11/h7,9-10,13H,3-6,8H2,1-2H3,(H,14,15,16). The number of carbonyl (C=O) groups is 1. The van der Waals surface area contributed by atoms with Crippen LogP contribution in [0.1, 0.15) is 37.2 Å². The third kappa shape index (κ3) is 2.69. The Balaban J connectivity index is 1.99. The molecule has 0 saturated carbocycles. The van der Waals surface area contributed by atoms with Gasteiger partial charge in [-0.25, -0.2) is 0 Å². The van der Waals surface area contributed by atoms with Crippen LogP contribution < -0.4 is 5.32 Å². The zero-order valence-corrected chi connectivity index (χ0v) is 11.0. The van der Waals surface area contributed by atoms with Crippen LogP contribution in [0.25, 0.3) is 0 Å². The van der Waals surface area contributed by atoms with Crippen molar-refractivity contribution in [3.8, 4) is 0 Å². The van der Waals surface area contributed by atoms with E-state index in [0.717, 1.165) is 32.5 Å². The number of H-pyrrole nitrogens is 1. The fourth-order valence-electron chi connectivity index (χ4n) is 2.63. The topological polar surface area (TPSA) is 73.9 Å². The Bertz CT molecular complexity index is 378. The molecule has 1 aliphatic rings. The Morgan fingerprint density at radius 1 is 1.61 bits per heavy atom. The second-order valence-electron chi connectivity index (χ2n) is 4.73. The smallest absolute Gasteiger partial charge is 0.276 e. The van der Waals surface area contributed by atoms with E-state index in [4.69, 9.17) is 0 Å². The zero-order valence-electron chi connectivity index (χ0n) is 11.0. The van der Waals surface area contributed by atoms with Gasteiger partial charge in [0.1, 0.15) is 0 Å². The van der Waals surface area contributed by atoms with Crippen LogP contribution >= 0.6 is 0 Å². The number of carbonyl (C=O) groups excluding carboxylic acids is 1. The third-order valence-electron chi connectivity index (χ3n) is 3.65. The third-order valence-corrected chi connectivity index (χ3v) is 3.65. The van der Waals surface area contributed by atoms with Crippen molar-refractivity contribution in [2.75, 3.05) is 19.6 Å². The van der Waals surface area contributed by atoms with Crippen molar-refractivity contribution in [3.05, 3.63) is 11.9 Å². The highest BCUT2D eigenvalue weighted by molar-refractivity contribution is 5.91. The van der Waals surface area contributed by atoms with Gasteiger partial charge in [0.25, 0.3) is 5.91 Å². The van der Waals surface area contributed by atoms with Crippen molar-refractivity contribution in [1.82, 2.24) is 25.6 Å². The number of aromatic amines is 1. The molecule has 2 N–H and O–H groups in total. The fourth-order valence-corrected chi connectivity index (χ4v) is 2.63. The monoisotopic (exact) mass is 251 g/mol. The summed E-state index contributed by atoms with van der Waals surface area (Å²) in [6, 6.07) is 0.529. The van der Waals surface area contributed by atoms with E-state index in [-0.39, 0.29) is 5.91 Å². The highest BCUT2D eigenvalue weighted by Crippen LogP contribution is 2.21. The highest BCUT2D eigenvalue weighted by atomic mass is 16.2. The Labute approximate surface area is 107 Å². The lowest BCUT2D eigenvalue weighted by molar-refractivity contribution is 0.0622. The Hall–Kier alpha value is -1.43. The lowest BCUT2D eigenvalue weighted by Crippen LogP contribution is -2.50. The first kappa shape index (κ1) is 13.0. The number of nitrogens with one attached hydrogen (secondary N) is 2. The first-order valence-electron chi connectivity index (χ1n) is 6.64. The number of rotatable bonds is 4. The van der Waals surface area contributed by atoms with Gasteiger partial charge < -0.3 is 10.2 Å². The van der Waals surface area contributed by atoms with Gasteiger partial charge in [-0.3, -0.25) is 4.79 Å². The normalized spacial score (nSPS) is 24.2. The van der Waals surface area contributed by atoms with E-state index in [1.165, 1.54) is 6.20 Å². The van der Waals surface area contributed by atoms with Crippen molar-refractivity contribution in [1.29, 1.82) is 0 Å². The summed E-state index contributed by atoms with van der Waals surface area (Å²) in [5.41, 5.74) is 0.409. The molecule has 0 bridgehead atoms. The molecule has 2 heterocycles. The molecule has 0 spiro atoms. The Morgan fingerprint density at radius 3 is 3.06 bits per heavy atom. The number of aromatic nitrogens is 3. The van der Waals surface area contributed by atoms with E-state index in [2.05, 4.69) is 34.6 Å². The average molecular weight is 251 g/mol. The molecule has 0 aliphatic carbocycles. The maximum Gasteiger partial charge on any atom is 0.276 e. The highest BCUT2D eigenvalue weighted by Gasteiger charge is 2.30. The van der Waals surface area contributed by atoms with E-state index in [9.17, 15) is 4.79 Å². The van der Waals surface area contributed by atoms with E-state index in [0.29, 0.717) is 17.7 Å². The molecule has 1 amide bonds. The number of hydrogen-bond acceptors (Lipinski definition) is 4. The van der Waals surface area contributed by atoms with Gasteiger partial charge in [-0.05, 0) is 18.9 Å². The molecule has 2 rings (SSSR count). The fraction of sp³-hybridized carbons (Fsp3) is 0.750. The summed E-state index contributed by atoms with van der Waals surface area (Å²) < 4.78 is 0. The number of amides is 1. The quantitative estimate of drug-likeness (QED) is 0.824. The number of hydrogen-bond donors (Lipinski definition) is 2. The second-order valence-corrected chi connectivity index (χ2v) is 4.73. The lowest BCUT2D eigenvalue weighted by atomic mass is 9.89. The molecule has 6 nitrogen and oxygen atoms in total. The van der Waals surface area contributed by atoms with E-state index >= 15 is 0 Å². The summed E-state index contributed by atoms with van der Waals surface area (Å²) >= 11 is 0. The minimum absolute atomic E-state index is 0.0165. The predicted molar refractivity (Wildman–Crippen MR) is 68.1 cm³/mol. The van der Waals surface area contributed by atoms with E-state index < -0.39 is 0 Å². The maximum atomic E-state index is 12.2. The lowest BCUT2D eigenvalue weighted by Gasteiger charge is -2.38. The van der Waals surface area contributed by atoms with Crippen molar-refractivity contribution < 1.29 is 4.79 Å². The van der Waals surface area contributed by atoms with Gasteiger partial charge in [-0.1, -0.05) is 20.3 Å². The summed E-state index contributed by atoms with van der Waals surface area (Å²) in [5, 5.41) is 13.5. The molecule has 0 aromatic carbocycles. The van der Waals surface area contributed by atoms with Crippen LogP contribution in [0, 0.1) is 5.92 Å². The molecule has 1 aromatic heterocycles. The maximum absolute atomic E-state index is 12.2. The molecule has 1 aliphatic heterocycles. The van der Waals surface area contributed by atoms with Crippen molar-refractivity contribution in [2.24, 2.45) is 5.92 Å². The molecule has 1 aromatic rings. The van der Waals surface area contributed by atoms with Crippen LogP contribution in [0.15, 0.2) is 6.20 Å². The predicted octanol–water partition coefficient (Wildman–Crippen LogP) is 0.655. The molecule has 6 heteroatoms. The van der Waals surface area contributed by atoms with Crippen LogP contribution in [0.2, 0.25) is 0 Å². The van der Waals surface area contributed by atoms with Crippen LogP contribution in [-0.2, 0) is 0 Å². The van der Waals surface area contributed by atoms with Gasteiger partial charge in [0.05, 0.1) is 6.20 Å². The van der Waals surface area contributed by atoms with E-state index in [1.54, 1.807) is 0 Å². The molecule has 1 fully saturated rings. The number of nitrogens with zero attached hydrogens (tertiary/aromatic N) is 3. The van der Waals surface area contributed by atoms with Crippen LogP contribution in [0.5, 0.6) is 0 Å². The number of piperidine rings is 1. The van der Waals surface area contributed by atoms with Crippen molar-refractivity contribution in [2.45, 2.75) is 32.7 Å². The molecule has 1 saturated heterocycles. The molecule has 0 radical (unpaired) electrons. The van der Waals surface area contributed by atoms with Gasteiger partial charge >= 0.3 is 0 Å². The minimum Gasteiger partial charge on any atom is -0.337 e. The van der Waals surface area contributed by atoms with Crippen LogP contribution in [0.4, 0.5) is 0 Å². The van der Waals surface area contributed by atoms with Gasteiger partial charge in [0.15, 0.2) is 5.69 Å². The van der Waals surface area contributed by atoms with Gasteiger partial charge in [0.2, 0.25) is 0 Å². The first-order chi connectivity index (χ1) is 8.76. The molecular formula is C12H21N5O. The van der Waals surface area contributed by atoms with E-state index in [1.807, 2.05) is 4.90 Å². The van der Waals surface area contributed by atoms with Crippen molar-refractivity contribution in [3.63, 3.8) is 0 Å². The molecule has 100 valence electrons. The van der Waals surface area contributed by atoms with Gasteiger partial charge in [0, 0.05) is 19.1 Å². The Morgan fingerprint density at radius 2 is 2.44 bits per heavy atom. The summed E-state index contributed by atoms with van der Waals surface area (Å²) in [7, 11) is 0. The molecule has 2 unspecified atom stereocenters.